The number of rotatable bonds is 4. The maximum atomic E-state index is 13.4. The number of nitrogens with zero attached hydrogens (tertiary/aromatic N) is 1. The SMILES string of the molecule is CN=C(NCc1cc(F)cc(Br)c1)NCc1ccc2c(c1)OCO2.I. The predicted octanol–water partition coefficient (Wildman–Crippen LogP) is 3.80. The summed E-state index contributed by atoms with van der Waals surface area (Å²) in [7, 11) is 1.69. The van der Waals surface area contributed by atoms with Crippen LogP contribution in [-0.2, 0) is 13.1 Å². The summed E-state index contributed by atoms with van der Waals surface area (Å²) >= 11 is 3.29. The van der Waals surface area contributed by atoms with Gasteiger partial charge in [-0.05, 0) is 41.5 Å². The van der Waals surface area contributed by atoms with Crippen LogP contribution in [0.5, 0.6) is 11.5 Å². The van der Waals surface area contributed by atoms with Crippen LogP contribution in [0.2, 0.25) is 0 Å². The van der Waals surface area contributed by atoms with E-state index in [-0.39, 0.29) is 36.6 Å². The third-order valence-corrected chi connectivity index (χ3v) is 3.96. The Labute approximate surface area is 171 Å². The van der Waals surface area contributed by atoms with E-state index in [1.54, 1.807) is 7.05 Å². The standard InChI is InChI=1S/C17H17BrFN3O2.HI/c1-20-17(22-9-12-4-13(18)7-14(19)5-12)21-8-11-2-3-15-16(6-11)24-10-23-15;/h2-7H,8-10H2,1H3,(H2,20,21,22);1H. The molecule has 5 nitrogen and oxygen atoms in total. The summed E-state index contributed by atoms with van der Waals surface area (Å²) in [6, 6.07) is 10.6. The lowest BCUT2D eigenvalue weighted by molar-refractivity contribution is 0.174. The highest BCUT2D eigenvalue weighted by Crippen LogP contribution is 2.32. The average molecular weight is 522 g/mol. The summed E-state index contributed by atoms with van der Waals surface area (Å²) in [5.74, 6) is 1.87. The smallest absolute Gasteiger partial charge is 0.231 e. The van der Waals surface area contributed by atoms with E-state index in [1.165, 1.54) is 12.1 Å². The molecule has 0 fully saturated rings. The van der Waals surface area contributed by atoms with Crippen molar-refractivity contribution >= 4 is 45.9 Å². The van der Waals surface area contributed by atoms with Crippen molar-refractivity contribution in [1.82, 2.24) is 10.6 Å². The molecule has 2 aromatic carbocycles. The molecule has 0 atom stereocenters. The van der Waals surface area contributed by atoms with Gasteiger partial charge >= 0.3 is 0 Å². The van der Waals surface area contributed by atoms with Crippen LogP contribution in [-0.4, -0.2) is 19.8 Å². The first kappa shape index (κ1) is 19.8. The Balaban J connectivity index is 0.00000225. The molecule has 0 unspecified atom stereocenters. The van der Waals surface area contributed by atoms with Crippen molar-refractivity contribution in [3.05, 3.63) is 57.8 Å². The number of hydrogen-bond donors (Lipinski definition) is 2. The van der Waals surface area contributed by atoms with Crippen molar-refractivity contribution in [2.24, 2.45) is 4.99 Å². The fourth-order valence-corrected chi connectivity index (χ4v) is 2.87. The van der Waals surface area contributed by atoms with Gasteiger partial charge in [0.15, 0.2) is 17.5 Å². The molecule has 1 aliphatic heterocycles. The van der Waals surface area contributed by atoms with E-state index >= 15 is 0 Å². The minimum Gasteiger partial charge on any atom is -0.454 e. The Kier molecular flexibility index (Phi) is 7.30. The van der Waals surface area contributed by atoms with E-state index in [4.69, 9.17) is 9.47 Å². The van der Waals surface area contributed by atoms with Crippen molar-refractivity contribution in [3.63, 3.8) is 0 Å². The molecule has 0 radical (unpaired) electrons. The first-order chi connectivity index (χ1) is 11.6. The van der Waals surface area contributed by atoms with Gasteiger partial charge in [0.2, 0.25) is 6.79 Å². The van der Waals surface area contributed by atoms with Gasteiger partial charge in [0.1, 0.15) is 5.82 Å². The van der Waals surface area contributed by atoms with E-state index < -0.39 is 0 Å². The zero-order chi connectivity index (χ0) is 16.9. The Morgan fingerprint density at radius 3 is 2.52 bits per heavy atom. The second-order valence-corrected chi connectivity index (χ2v) is 6.16. The second kappa shape index (κ2) is 9.23. The molecule has 3 rings (SSSR count). The van der Waals surface area contributed by atoms with E-state index in [1.807, 2.05) is 24.3 Å². The maximum Gasteiger partial charge on any atom is 0.231 e. The highest BCUT2D eigenvalue weighted by Gasteiger charge is 2.13. The summed E-state index contributed by atoms with van der Waals surface area (Å²) in [5.41, 5.74) is 1.88. The van der Waals surface area contributed by atoms with Crippen molar-refractivity contribution in [2.75, 3.05) is 13.8 Å². The largest absolute Gasteiger partial charge is 0.454 e. The molecule has 0 saturated carbocycles. The molecule has 0 saturated heterocycles. The number of ether oxygens (including phenoxy) is 2. The highest BCUT2D eigenvalue weighted by molar-refractivity contribution is 14.0. The fourth-order valence-electron chi connectivity index (χ4n) is 2.36. The molecule has 0 amide bonds. The van der Waals surface area contributed by atoms with Crippen molar-refractivity contribution in [3.8, 4) is 11.5 Å². The molecular formula is C17H18BrFIN3O2. The van der Waals surface area contributed by atoms with Gasteiger partial charge in [0.05, 0.1) is 0 Å². The molecule has 25 heavy (non-hydrogen) atoms. The van der Waals surface area contributed by atoms with Crippen LogP contribution in [0.15, 0.2) is 45.9 Å². The van der Waals surface area contributed by atoms with Gasteiger partial charge in [-0.15, -0.1) is 24.0 Å². The Bertz CT molecular complexity index is 753. The van der Waals surface area contributed by atoms with Gasteiger partial charge in [-0.25, -0.2) is 4.39 Å². The van der Waals surface area contributed by atoms with Crippen LogP contribution < -0.4 is 20.1 Å². The number of nitrogens with one attached hydrogen (secondary N) is 2. The molecule has 2 aromatic rings. The van der Waals surface area contributed by atoms with Crippen molar-refractivity contribution in [2.45, 2.75) is 13.1 Å². The quantitative estimate of drug-likeness (QED) is 0.365. The first-order valence-corrected chi connectivity index (χ1v) is 8.21. The lowest BCUT2D eigenvalue weighted by atomic mass is 10.2. The molecule has 8 heteroatoms. The van der Waals surface area contributed by atoms with Crippen LogP contribution in [0.3, 0.4) is 0 Å². The molecule has 1 heterocycles. The van der Waals surface area contributed by atoms with E-state index in [9.17, 15) is 4.39 Å². The number of halogens is 3. The molecular weight excluding hydrogens is 504 g/mol. The summed E-state index contributed by atoms with van der Waals surface area (Å²) in [6.45, 7) is 1.32. The van der Waals surface area contributed by atoms with Gasteiger partial charge in [0, 0.05) is 24.6 Å². The van der Waals surface area contributed by atoms with Gasteiger partial charge in [-0.1, -0.05) is 22.0 Å². The van der Waals surface area contributed by atoms with Gasteiger partial charge in [-0.3, -0.25) is 4.99 Å². The summed E-state index contributed by atoms with van der Waals surface area (Å²) in [4.78, 5) is 4.17. The van der Waals surface area contributed by atoms with Crippen LogP contribution in [0.4, 0.5) is 4.39 Å². The summed E-state index contributed by atoms with van der Waals surface area (Å²) in [6.07, 6.45) is 0. The topological polar surface area (TPSA) is 54.9 Å². The van der Waals surface area contributed by atoms with Crippen LogP contribution in [0, 0.1) is 5.82 Å². The lowest BCUT2D eigenvalue weighted by Crippen LogP contribution is -2.36. The van der Waals surface area contributed by atoms with Crippen LogP contribution in [0.1, 0.15) is 11.1 Å². The minimum absolute atomic E-state index is 0. The molecule has 0 spiro atoms. The Hall–Kier alpha value is -1.55. The molecule has 0 aromatic heterocycles. The van der Waals surface area contributed by atoms with Crippen molar-refractivity contribution < 1.29 is 13.9 Å². The van der Waals surface area contributed by atoms with E-state index in [0.717, 1.165) is 22.6 Å². The zero-order valence-corrected chi connectivity index (χ0v) is 17.4. The summed E-state index contributed by atoms with van der Waals surface area (Å²) in [5, 5.41) is 6.37. The minimum atomic E-state index is -0.274. The highest BCUT2D eigenvalue weighted by atomic mass is 127. The lowest BCUT2D eigenvalue weighted by Gasteiger charge is -2.12. The molecule has 0 bridgehead atoms. The van der Waals surface area contributed by atoms with Gasteiger partial charge in [-0.2, -0.15) is 0 Å². The summed E-state index contributed by atoms with van der Waals surface area (Å²) < 4.78 is 24.8. The zero-order valence-electron chi connectivity index (χ0n) is 13.5. The molecule has 2 N–H and O–H groups in total. The normalized spacial score (nSPS) is 12.5. The molecule has 0 aliphatic carbocycles. The number of benzene rings is 2. The number of hydrogen-bond acceptors (Lipinski definition) is 3. The Morgan fingerprint density at radius 1 is 1.08 bits per heavy atom. The van der Waals surface area contributed by atoms with Gasteiger partial charge in [0.25, 0.3) is 0 Å². The first-order valence-electron chi connectivity index (χ1n) is 7.42. The van der Waals surface area contributed by atoms with E-state index in [2.05, 4.69) is 31.6 Å². The van der Waals surface area contributed by atoms with Gasteiger partial charge < -0.3 is 20.1 Å². The monoisotopic (exact) mass is 521 g/mol. The van der Waals surface area contributed by atoms with Crippen LogP contribution in [0.25, 0.3) is 0 Å². The van der Waals surface area contributed by atoms with Crippen LogP contribution >= 0.6 is 39.9 Å². The molecule has 134 valence electrons. The third kappa shape index (κ3) is 5.46. The number of guanidine groups is 1. The molecule has 1 aliphatic rings. The second-order valence-electron chi connectivity index (χ2n) is 5.24. The third-order valence-electron chi connectivity index (χ3n) is 3.50. The number of aliphatic imine (C=N–C) groups is 1. The Morgan fingerprint density at radius 2 is 1.80 bits per heavy atom. The maximum absolute atomic E-state index is 13.4. The van der Waals surface area contributed by atoms with E-state index in [0.29, 0.717) is 23.5 Å². The van der Waals surface area contributed by atoms with Crippen molar-refractivity contribution in [1.29, 1.82) is 0 Å². The number of fused-ring (bicyclic) bond motifs is 1. The predicted molar refractivity (Wildman–Crippen MR) is 109 cm³/mol. The fraction of sp³-hybridized carbons (Fsp3) is 0.235. The average Bonchev–Trinajstić information content (AvgIpc) is 3.02.